The molecule has 3 rings (SSSR count). The summed E-state index contributed by atoms with van der Waals surface area (Å²) >= 11 is 7.54. The quantitative estimate of drug-likeness (QED) is 0.855. The summed E-state index contributed by atoms with van der Waals surface area (Å²) in [5.41, 5.74) is 0. The lowest BCUT2D eigenvalue weighted by Crippen LogP contribution is -2.40. The lowest BCUT2D eigenvalue weighted by Gasteiger charge is -2.30. The van der Waals surface area contributed by atoms with E-state index in [-0.39, 0.29) is 12.4 Å². The Kier molecular flexibility index (Phi) is 6.57. The Bertz CT molecular complexity index is 496. The molecule has 1 aromatic rings. The smallest absolute Gasteiger partial charge is 0.223 e. The molecule has 6 heteroatoms. The zero-order valence-electron chi connectivity index (χ0n) is 12.9. The van der Waals surface area contributed by atoms with Crippen molar-refractivity contribution in [1.82, 2.24) is 10.2 Å². The lowest BCUT2D eigenvalue weighted by molar-refractivity contribution is -0.132. The number of nitrogens with zero attached hydrogens (tertiary/aromatic N) is 1. The third-order valence-corrected chi connectivity index (χ3v) is 5.96. The van der Waals surface area contributed by atoms with Crippen molar-refractivity contribution in [2.24, 2.45) is 5.92 Å². The molecule has 2 unspecified atom stereocenters. The molecule has 0 spiro atoms. The summed E-state index contributed by atoms with van der Waals surface area (Å²) in [5.74, 6) is 0.866. The first-order valence-electron chi connectivity index (χ1n) is 7.92. The predicted octanol–water partition coefficient (Wildman–Crippen LogP) is 4.09. The maximum atomic E-state index is 12.6. The molecule has 0 saturated carbocycles. The van der Waals surface area contributed by atoms with Crippen molar-refractivity contribution in [1.29, 1.82) is 0 Å². The van der Waals surface area contributed by atoms with E-state index in [1.807, 2.05) is 17.0 Å². The second-order valence-corrected chi connectivity index (χ2v) is 8.09. The maximum absolute atomic E-state index is 12.6. The minimum Gasteiger partial charge on any atom is -0.338 e. The molecule has 0 aromatic carbocycles. The highest BCUT2D eigenvalue weighted by molar-refractivity contribution is 7.16. The van der Waals surface area contributed by atoms with Crippen LogP contribution in [0.4, 0.5) is 0 Å². The number of halogens is 2. The summed E-state index contributed by atoms with van der Waals surface area (Å²) in [5, 5.41) is 3.64. The number of hydrogen-bond acceptors (Lipinski definition) is 3. The van der Waals surface area contributed by atoms with Gasteiger partial charge in [0.1, 0.15) is 0 Å². The molecule has 124 valence electrons. The Balaban J connectivity index is 0.00000176. The molecule has 1 amide bonds. The van der Waals surface area contributed by atoms with Gasteiger partial charge in [0.05, 0.1) is 10.9 Å². The fourth-order valence-electron chi connectivity index (χ4n) is 3.72. The van der Waals surface area contributed by atoms with Crippen LogP contribution in [0, 0.1) is 5.92 Å². The van der Waals surface area contributed by atoms with E-state index in [1.54, 1.807) is 11.3 Å². The van der Waals surface area contributed by atoms with Gasteiger partial charge in [-0.3, -0.25) is 4.79 Å². The molecule has 2 saturated heterocycles. The summed E-state index contributed by atoms with van der Waals surface area (Å²) in [4.78, 5) is 15.7. The number of amides is 1. The van der Waals surface area contributed by atoms with Gasteiger partial charge in [0.2, 0.25) is 5.91 Å². The van der Waals surface area contributed by atoms with E-state index >= 15 is 0 Å². The van der Waals surface area contributed by atoms with Crippen LogP contribution in [0.15, 0.2) is 12.1 Å². The van der Waals surface area contributed by atoms with Crippen molar-refractivity contribution in [3.63, 3.8) is 0 Å². The molecule has 22 heavy (non-hydrogen) atoms. The summed E-state index contributed by atoms with van der Waals surface area (Å²) in [6, 6.07) is 5.25. The van der Waals surface area contributed by atoms with Gasteiger partial charge < -0.3 is 10.2 Å². The van der Waals surface area contributed by atoms with Gasteiger partial charge in [0, 0.05) is 29.9 Å². The summed E-state index contributed by atoms with van der Waals surface area (Å²) in [6.45, 7) is 3.52. The highest BCUT2D eigenvalue weighted by atomic mass is 35.5. The van der Waals surface area contributed by atoms with Gasteiger partial charge in [0.15, 0.2) is 0 Å². The van der Waals surface area contributed by atoms with Crippen molar-refractivity contribution in [3.8, 4) is 0 Å². The normalized spacial score (nSPS) is 26.5. The SMILES string of the molecule is CCN(Cc1ccc(Cl)s1)C(=O)CC1CC2CCC(C1)N2.Cl. The zero-order valence-corrected chi connectivity index (χ0v) is 15.3. The van der Waals surface area contributed by atoms with E-state index in [9.17, 15) is 4.79 Å². The average molecular weight is 363 g/mol. The van der Waals surface area contributed by atoms with Gasteiger partial charge >= 0.3 is 0 Å². The third kappa shape index (κ3) is 4.38. The molecular weight excluding hydrogens is 339 g/mol. The van der Waals surface area contributed by atoms with Gasteiger partial charge in [0.25, 0.3) is 0 Å². The number of thiophene rings is 1. The van der Waals surface area contributed by atoms with E-state index in [1.165, 1.54) is 30.6 Å². The first-order valence-corrected chi connectivity index (χ1v) is 9.11. The standard InChI is InChI=1S/C16H23ClN2OS.ClH/c1-2-19(10-14-5-6-15(17)21-14)16(20)9-11-7-12-3-4-13(8-11)18-12;/h5-6,11-13,18H,2-4,7-10H2,1H3;1H. The molecule has 3 nitrogen and oxygen atoms in total. The molecule has 2 atom stereocenters. The van der Waals surface area contributed by atoms with E-state index in [2.05, 4.69) is 12.2 Å². The molecule has 0 radical (unpaired) electrons. The van der Waals surface area contributed by atoms with Gasteiger partial charge in [-0.1, -0.05) is 11.6 Å². The Hall–Kier alpha value is -0.290. The highest BCUT2D eigenvalue weighted by Crippen LogP contribution is 2.33. The van der Waals surface area contributed by atoms with Crippen molar-refractivity contribution in [2.75, 3.05) is 6.54 Å². The fourth-order valence-corrected chi connectivity index (χ4v) is 4.82. The van der Waals surface area contributed by atoms with Crippen LogP contribution >= 0.6 is 35.3 Å². The molecule has 1 aromatic heterocycles. The van der Waals surface area contributed by atoms with Crippen LogP contribution in [0.3, 0.4) is 0 Å². The van der Waals surface area contributed by atoms with Crippen LogP contribution in [0.1, 0.15) is 43.9 Å². The van der Waals surface area contributed by atoms with Crippen LogP contribution < -0.4 is 5.32 Å². The maximum Gasteiger partial charge on any atom is 0.223 e. The summed E-state index contributed by atoms with van der Waals surface area (Å²) in [6.07, 6.45) is 5.64. The van der Waals surface area contributed by atoms with Crippen LogP contribution in [0.25, 0.3) is 0 Å². The number of hydrogen-bond donors (Lipinski definition) is 1. The van der Waals surface area contributed by atoms with Crippen molar-refractivity contribution >= 4 is 41.3 Å². The first-order chi connectivity index (χ1) is 10.1. The Morgan fingerprint density at radius 1 is 1.36 bits per heavy atom. The van der Waals surface area contributed by atoms with E-state index in [4.69, 9.17) is 11.6 Å². The van der Waals surface area contributed by atoms with E-state index in [0.717, 1.165) is 10.9 Å². The topological polar surface area (TPSA) is 32.3 Å². The van der Waals surface area contributed by atoms with Crippen molar-refractivity contribution in [2.45, 2.75) is 57.7 Å². The number of carbonyl (C=O) groups excluding carboxylic acids is 1. The molecule has 2 aliphatic rings. The van der Waals surface area contributed by atoms with E-state index < -0.39 is 0 Å². The van der Waals surface area contributed by atoms with Crippen LogP contribution in [-0.2, 0) is 11.3 Å². The van der Waals surface area contributed by atoms with Crippen LogP contribution in [0.5, 0.6) is 0 Å². The number of carbonyl (C=O) groups is 1. The molecule has 0 aliphatic carbocycles. The van der Waals surface area contributed by atoms with Crippen LogP contribution in [-0.4, -0.2) is 29.4 Å². The number of nitrogens with one attached hydrogen (secondary N) is 1. The molecular formula is C16H24Cl2N2OS. The molecule has 2 fully saturated rings. The number of rotatable bonds is 5. The average Bonchev–Trinajstić information content (AvgIpc) is 3.01. The molecule has 3 heterocycles. The van der Waals surface area contributed by atoms with Gasteiger partial charge in [-0.05, 0) is 50.7 Å². The van der Waals surface area contributed by atoms with Crippen LogP contribution in [0.2, 0.25) is 4.34 Å². The Morgan fingerprint density at radius 3 is 2.59 bits per heavy atom. The Morgan fingerprint density at radius 2 is 2.05 bits per heavy atom. The largest absolute Gasteiger partial charge is 0.338 e. The Labute approximate surface area is 147 Å². The third-order valence-electron chi connectivity index (χ3n) is 4.74. The van der Waals surface area contributed by atoms with Crippen molar-refractivity contribution < 1.29 is 4.79 Å². The van der Waals surface area contributed by atoms with Gasteiger partial charge in [-0.2, -0.15) is 0 Å². The molecule has 1 N–H and O–H groups in total. The van der Waals surface area contributed by atoms with Gasteiger partial charge in [-0.15, -0.1) is 23.7 Å². The fraction of sp³-hybridized carbons (Fsp3) is 0.688. The molecule has 2 aliphatic heterocycles. The van der Waals surface area contributed by atoms with E-state index in [0.29, 0.717) is 36.9 Å². The monoisotopic (exact) mass is 362 g/mol. The second-order valence-electron chi connectivity index (χ2n) is 6.29. The second kappa shape index (κ2) is 8.00. The molecule has 2 bridgehead atoms. The minimum absolute atomic E-state index is 0. The van der Waals surface area contributed by atoms with Crippen molar-refractivity contribution in [3.05, 3.63) is 21.3 Å². The zero-order chi connectivity index (χ0) is 14.8. The highest BCUT2D eigenvalue weighted by Gasteiger charge is 2.34. The summed E-state index contributed by atoms with van der Waals surface area (Å²) < 4.78 is 0.795. The number of piperidine rings is 1. The minimum atomic E-state index is 0. The lowest BCUT2D eigenvalue weighted by atomic mass is 9.89. The number of fused-ring (bicyclic) bond motifs is 2. The first kappa shape index (κ1) is 18.1. The predicted molar refractivity (Wildman–Crippen MR) is 95.0 cm³/mol. The van der Waals surface area contributed by atoms with Gasteiger partial charge in [-0.25, -0.2) is 0 Å². The summed E-state index contributed by atoms with van der Waals surface area (Å²) in [7, 11) is 0.